The maximum atomic E-state index is 11.7. The predicted octanol–water partition coefficient (Wildman–Crippen LogP) is 1.02. The molecule has 1 aliphatic carbocycles. The molecule has 0 aromatic carbocycles. The highest BCUT2D eigenvalue weighted by Gasteiger charge is 2.33. The van der Waals surface area contributed by atoms with Crippen molar-refractivity contribution in [2.24, 2.45) is 11.8 Å². The fraction of sp³-hybridized carbons (Fsp3) is 0.667. The number of rotatable bonds is 4. The standard InChI is InChI=1S/C12H17NO3/c1-3-4-8(2)13-11(14)9-5-6-10(7-9)12(15)16/h1,8-10H,4-7H2,2H3,(H,13,14)(H,15,16)/t8?,9-,10+/m1/s1. The van der Waals surface area contributed by atoms with Crippen molar-refractivity contribution >= 4 is 11.9 Å². The third kappa shape index (κ3) is 3.27. The first-order chi connectivity index (χ1) is 7.54. The van der Waals surface area contributed by atoms with Gasteiger partial charge in [-0.2, -0.15) is 0 Å². The van der Waals surface area contributed by atoms with Crippen molar-refractivity contribution in [3.63, 3.8) is 0 Å². The monoisotopic (exact) mass is 223 g/mol. The van der Waals surface area contributed by atoms with Crippen molar-refractivity contribution in [2.75, 3.05) is 0 Å². The second-order valence-electron chi connectivity index (χ2n) is 4.36. The maximum Gasteiger partial charge on any atom is 0.306 e. The van der Waals surface area contributed by atoms with Crippen molar-refractivity contribution in [2.45, 2.75) is 38.6 Å². The molecule has 2 N–H and O–H groups in total. The summed E-state index contributed by atoms with van der Waals surface area (Å²) in [5.41, 5.74) is 0. The lowest BCUT2D eigenvalue weighted by molar-refractivity contribution is -0.141. The van der Waals surface area contributed by atoms with E-state index in [9.17, 15) is 9.59 Å². The van der Waals surface area contributed by atoms with Gasteiger partial charge in [0.1, 0.15) is 0 Å². The van der Waals surface area contributed by atoms with Gasteiger partial charge in [0.05, 0.1) is 5.92 Å². The fourth-order valence-electron chi connectivity index (χ4n) is 2.03. The topological polar surface area (TPSA) is 66.4 Å². The molecule has 16 heavy (non-hydrogen) atoms. The van der Waals surface area contributed by atoms with Gasteiger partial charge < -0.3 is 10.4 Å². The van der Waals surface area contributed by atoms with Crippen LogP contribution in [0, 0.1) is 24.2 Å². The summed E-state index contributed by atoms with van der Waals surface area (Å²) >= 11 is 0. The van der Waals surface area contributed by atoms with Gasteiger partial charge in [-0.1, -0.05) is 0 Å². The Labute approximate surface area is 95.4 Å². The molecule has 0 radical (unpaired) electrons. The highest BCUT2D eigenvalue weighted by atomic mass is 16.4. The Balaban J connectivity index is 2.40. The Morgan fingerprint density at radius 3 is 2.62 bits per heavy atom. The van der Waals surface area contributed by atoms with E-state index in [0.29, 0.717) is 25.7 Å². The molecule has 0 aromatic rings. The zero-order valence-corrected chi connectivity index (χ0v) is 9.40. The summed E-state index contributed by atoms with van der Waals surface area (Å²) < 4.78 is 0. The third-order valence-corrected chi connectivity index (χ3v) is 2.97. The summed E-state index contributed by atoms with van der Waals surface area (Å²) in [6.07, 6.45) is 7.34. The van der Waals surface area contributed by atoms with Crippen LogP contribution in [0.2, 0.25) is 0 Å². The van der Waals surface area contributed by atoms with E-state index in [1.807, 2.05) is 6.92 Å². The van der Waals surface area contributed by atoms with E-state index in [4.69, 9.17) is 11.5 Å². The van der Waals surface area contributed by atoms with Crippen LogP contribution in [0.1, 0.15) is 32.6 Å². The number of carbonyl (C=O) groups excluding carboxylic acids is 1. The zero-order valence-electron chi connectivity index (χ0n) is 9.40. The lowest BCUT2D eigenvalue weighted by atomic mass is 10.0. The maximum absolute atomic E-state index is 11.7. The van der Waals surface area contributed by atoms with Crippen molar-refractivity contribution in [1.82, 2.24) is 5.32 Å². The molecule has 0 saturated heterocycles. The summed E-state index contributed by atoms with van der Waals surface area (Å²) in [7, 11) is 0. The Morgan fingerprint density at radius 2 is 2.12 bits per heavy atom. The van der Waals surface area contributed by atoms with Gasteiger partial charge in [-0.05, 0) is 26.2 Å². The van der Waals surface area contributed by atoms with E-state index in [1.54, 1.807) is 0 Å². The van der Waals surface area contributed by atoms with Crippen molar-refractivity contribution in [1.29, 1.82) is 0 Å². The Kier molecular flexibility index (Phi) is 4.36. The van der Waals surface area contributed by atoms with Crippen molar-refractivity contribution in [3.05, 3.63) is 0 Å². The van der Waals surface area contributed by atoms with Crippen LogP contribution in [0.5, 0.6) is 0 Å². The van der Waals surface area contributed by atoms with E-state index < -0.39 is 5.97 Å². The normalized spacial score (nSPS) is 25.8. The summed E-state index contributed by atoms with van der Waals surface area (Å²) in [6.45, 7) is 1.85. The summed E-state index contributed by atoms with van der Waals surface area (Å²) in [6, 6.07) is -0.0404. The lowest BCUT2D eigenvalue weighted by Crippen LogP contribution is -2.36. The third-order valence-electron chi connectivity index (χ3n) is 2.97. The summed E-state index contributed by atoms with van der Waals surface area (Å²) in [5.74, 6) is 1.09. The highest BCUT2D eigenvalue weighted by Crippen LogP contribution is 2.31. The Hall–Kier alpha value is -1.50. The minimum Gasteiger partial charge on any atom is -0.481 e. The molecule has 1 rings (SSSR count). The van der Waals surface area contributed by atoms with Gasteiger partial charge >= 0.3 is 5.97 Å². The van der Waals surface area contributed by atoms with Crippen LogP contribution in [-0.4, -0.2) is 23.0 Å². The molecule has 4 nitrogen and oxygen atoms in total. The minimum atomic E-state index is -0.799. The van der Waals surface area contributed by atoms with Crippen LogP contribution in [0.4, 0.5) is 0 Å². The number of carboxylic acids is 1. The second-order valence-corrected chi connectivity index (χ2v) is 4.36. The zero-order chi connectivity index (χ0) is 12.1. The fourth-order valence-corrected chi connectivity index (χ4v) is 2.03. The average Bonchev–Trinajstić information content (AvgIpc) is 2.66. The largest absolute Gasteiger partial charge is 0.481 e. The van der Waals surface area contributed by atoms with E-state index in [2.05, 4.69) is 11.2 Å². The molecule has 88 valence electrons. The van der Waals surface area contributed by atoms with Crippen LogP contribution >= 0.6 is 0 Å². The molecule has 4 heteroatoms. The molecule has 0 bridgehead atoms. The number of nitrogens with one attached hydrogen (secondary N) is 1. The molecule has 1 amide bonds. The van der Waals surface area contributed by atoms with Gasteiger partial charge in [0.2, 0.25) is 5.91 Å². The molecule has 3 atom stereocenters. The molecule has 1 aliphatic rings. The quantitative estimate of drug-likeness (QED) is 0.699. The first-order valence-electron chi connectivity index (χ1n) is 5.51. The Bertz CT molecular complexity index is 319. The van der Waals surface area contributed by atoms with Gasteiger partial charge in [0.15, 0.2) is 0 Å². The molecule has 0 spiro atoms. The van der Waals surface area contributed by atoms with Gasteiger partial charge in [0, 0.05) is 18.4 Å². The van der Waals surface area contributed by atoms with Gasteiger partial charge in [-0.15, -0.1) is 12.3 Å². The molecule has 0 heterocycles. The summed E-state index contributed by atoms with van der Waals surface area (Å²) in [5, 5.41) is 11.6. The number of carbonyl (C=O) groups is 2. The molecule has 0 aromatic heterocycles. The first-order valence-corrected chi connectivity index (χ1v) is 5.51. The predicted molar refractivity (Wildman–Crippen MR) is 59.5 cm³/mol. The number of aliphatic carboxylic acids is 1. The molecule has 1 saturated carbocycles. The number of hydrogen-bond donors (Lipinski definition) is 2. The minimum absolute atomic E-state index is 0.0404. The molecular weight excluding hydrogens is 206 g/mol. The molecular formula is C12H17NO3. The van der Waals surface area contributed by atoms with Crippen LogP contribution in [-0.2, 0) is 9.59 Å². The highest BCUT2D eigenvalue weighted by molar-refractivity contribution is 5.81. The second kappa shape index (κ2) is 5.55. The Morgan fingerprint density at radius 1 is 1.50 bits per heavy atom. The number of amides is 1. The van der Waals surface area contributed by atoms with Gasteiger partial charge in [-0.25, -0.2) is 0 Å². The van der Waals surface area contributed by atoms with E-state index in [0.717, 1.165) is 0 Å². The SMILES string of the molecule is C#CCC(C)NC(=O)[C@@H]1CC[C@H](C(=O)O)C1. The smallest absolute Gasteiger partial charge is 0.306 e. The molecule has 1 unspecified atom stereocenters. The van der Waals surface area contributed by atoms with Crippen LogP contribution in [0.3, 0.4) is 0 Å². The summed E-state index contributed by atoms with van der Waals surface area (Å²) in [4.78, 5) is 22.5. The van der Waals surface area contributed by atoms with E-state index in [-0.39, 0.29) is 23.8 Å². The van der Waals surface area contributed by atoms with Gasteiger partial charge in [0.25, 0.3) is 0 Å². The van der Waals surface area contributed by atoms with Crippen LogP contribution in [0.15, 0.2) is 0 Å². The molecule has 1 fully saturated rings. The van der Waals surface area contributed by atoms with Crippen molar-refractivity contribution < 1.29 is 14.7 Å². The first kappa shape index (κ1) is 12.6. The lowest BCUT2D eigenvalue weighted by Gasteiger charge is -2.14. The van der Waals surface area contributed by atoms with E-state index >= 15 is 0 Å². The number of terminal acetylenes is 1. The van der Waals surface area contributed by atoms with E-state index in [1.165, 1.54) is 0 Å². The van der Waals surface area contributed by atoms with Gasteiger partial charge in [-0.3, -0.25) is 9.59 Å². The number of hydrogen-bond acceptors (Lipinski definition) is 2. The van der Waals surface area contributed by atoms with Crippen LogP contribution in [0.25, 0.3) is 0 Å². The van der Waals surface area contributed by atoms with Crippen LogP contribution < -0.4 is 5.32 Å². The van der Waals surface area contributed by atoms with Crippen molar-refractivity contribution in [3.8, 4) is 12.3 Å². The average molecular weight is 223 g/mol. The number of carboxylic acid groups (broad SMARTS) is 1. The molecule has 0 aliphatic heterocycles.